The van der Waals surface area contributed by atoms with E-state index in [1.165, 1.54) is 0 Å². The molecule has 0 aromatic heterocycles. The van der Waals surface area contributed by atoms with Gasteiger partial charge in [0.05, 0.1) is 6.07 Å². The van der Waals surface area contributed by atoms with Crippen molar-refractivity contribution in [2.24, 2.45) is 5.41 Å². The summed E-state index contributed by atoms with van der Waals surface area (Å²) in [6.07, 6.45) is 2.19. The van der Waals surface area contributed by atoms with Crippen LogP contribution < -0.4 is 0 Å². The summed E-state index contributed by atoms with van der Waals surface area (Å²) in [5, 5.41) is 22.2. The number of fused-ring (bicyclic) bond motifs is 1. The van der Waals surface area contributed by atoms with Gasteiger partial charge in [0.15, 0.2) is 5.41 Å². The Morgan fingerprint density at radius 2 is 1.70 bits per heavy atom. The Morgan fingerprint density at radius 3 is 2.37 bits per heavy atom. The number of benzene rings is 3. The molecule has 0 bridgehead atoms. The van der Waals surface area contributed by atoms with Crippen molar-refractivity contribution in [1.29, 1.82) is 5.26 Å². The minimum atomic E-state index is -1.55. The average molecular weight is 375 g/mol. The molecular weight excluding hydrogens is 354 g/mol. The first-order chi connectivity index (χ1) is 13.1. The lowest BCUT2D eigenvalue weighted by atomic mass is 9.67. The highest BCUT2D eigenvalue weighted by Gasteiger charge is 2.47. The normalized spacial score (nSPS) is 14.3. The third-order valence-corrected chi connectivity index (χ3v) is 6.03. The van der Waals surface area contributed by atoms with Gasteiger partial charge in [0, 0.05) is 10.8 Å². The van der Waals surface area contributed by atoms with Crippen molar-refractivity contribution in [2.75, 3.05) is 6.26 Å². The highest BCUT2D eigenvalue weighted by Crippen LogP contribution is 2.48. The summed E-state index contributed by atoms with van der Waals surface area (Å²) >= 11 is 1.57. The van der Waals surface area contributed by atoms with E-state index >= 15 is 0 Å². The number of nitrogens with zero attached hydrogens (tertiary/aromatic N) is 1. The maximum atomic E-state index is 12.4. The Kier molecular flexibility index (Phi) is 5.53. The monoisotopic (exact) mass is 375 g/mol. The quantitative estimate of drug-likeness (QED) is 0.562. The van der Waals surface area contributed by atoms with Gasteiger partial charge in [-0.15, -0.1) is 11.8 Å². The smallest absolute Gasteiger partial charge is 0.325 e. The molecule has 136 valence electrons. The van der Waals surface area contributed by atoms with E-state index in [9.17, 15) is 15.2 Å². The summed E-state index contributed by atoms with van der Waals surface area (Å²) in [7, 11) is 0. The number of rotatable bonds is 6. The molecule has 3 nitrogen and oxygen atoms in total. The van der Waals surface area contributed by atoms with Gasteiger partial charge in [-0.25, -0.2) is 0 Å². The van der Waals surface area contributed by atoms with E-state index in [1.807, 2.05) is 73.0 Å². The van der Waals surface area contributed by atoms with Crippen LogP contribution in [0.25, 0.3) is 10.8 Å². The fourth-order valence-corrected chi connectivity index (χ4v) is 4.41. The Bertz CT molecular complexity index is 1020. The molecule has 0 heterocycles. The van der Waals surface area contributed by atoms with Gasteiger partial charge < -0.3 is 5.11 Å². The van der Waals surface area contributed by atoms with E-state index in [0.717, 1.165) is 26.8 Å². The molecule has 0 radical (unpaired) electrons. The molecule has 0 spiro atoms. The van der Waals surface area contributed by atoms with Gasteiger partial charge in [-0.1, -0.05) is 67.6 Å². The Hall–Kier alpha value is -2.77. The summed E-state index contributed by atoms with van der Waals surface area (Å²) < 4.78 is 0. The van der Waals surface area contributed by atoms with E-state index < -0.39 is 17.3 Å². The van der Waals surface area contributed by atoms with Crippen molar-refractivity contribution in [1.82, 2.24) is 0 Å². The Morgan fingerprint density at radius 1 is 1.07 bits per heavy atom. The van der Waals surface area contributed by atoms with Crippen LogP contribution in [0.4, 0.5) is 0 Å². The summed E-state index contributed by atoms with van der Waals surface area (Å²) in [4.78, 5) is 13.4. The fourth-order valence-electron chi connectivity index (χ4n) is 3.78. The van der Waals surface area contributed by atoms with Crippen LogP contribution in [0.2, 0.25) is 0 Å². The predicted octanol–water partition coefficient (Wildman–Crippen LogP) is 5.70. The fraction of sp³-hybridized carbons (Fsp3) is 0.217. The lowest BCUT2D eigenvalue weighted by molar-refractivity contribution is -0.146. The molecule has 3 aromatic carbocycles. The summed E-state index contributed by atoms with van der Waals surface area (Å²) in [6.45, 7) is 1.77. The van der Waals surface area contributed by atoms with Crippen LogP contribution in [-0.2, 0) is 4.79 Å². The minimum absolute atomic E-state index is 0.218. The number of hydrogen-bond acceptors (Lipinski definition) is 3. The van der Waals surface area contributed by atoms with Gasteiger partial charge in [0.2, 0.25) is 0 Å². The highest BCUT2D eigenvalue weighted by atomic mass is 32.2. The number of carboxylic acid groups (broad SMARTS) is 1. The number of thioether (sulfide) groups is 1. The average Bonchev–Trinajstić information content (AvgIpc) is 2.71. The summed E-state index contributed by atoms with van der Waals surface area (Å²) in [5.74, 6) is -1.65. The van der Waals surface area contributed by atoms with Crippen LogP contribution in [0.1, 0.15) is 30.4 Å². The molecule has 1 N–H and O–H groups in total. The third-order valence-electron chi connectivity index (χ3n) is 5.22. The topological polar surface area (TPSA) is 61.1 Å². The molecule has 3 rings (SSSR count). The zero-order valence-electron chi connectivity index (χ0n) is 15.3. The molecule has 0 fully saturated rings. The Balaban J connectivity index is 2.41. The lowest BCUT2D eigenvalue weighted by Gasteiger charge is -2.33. The van der Waals surface area contributed by atoms with Gasteiger partial charge in [0.1, 0.15) is 0 Å². The second-order valence-corrected chi connectivity index (χ2v) is 7.33. The second kappa shape index (κ2) is 7.85. The van der Waals surface area contributed by atoms with Crippen LogP contribution in [0.5, 0.6) is 0 Å². The molecule has 0 aliphatic rings. The number of aliphatic carboxylic acids is 1. The van der Waals surface area contributed by atoms with Crippen LogP contribution in [0.15, 0.2) is 71.6 Å². The molecule has 0 aliphatic heterocycles. The zero-order chi connectivity index (χ0) is 19.4. The van der Waals surface area contributed by atoms with E-state index in [2.05, 4.69) is 6.07 Å². The summed E-state index contributed by atoms with van der Waals surface area (Å²) in [6, 6.07) is 23.8. The number of carboxylic acids is 1. The molecule has 4 heteroatoms. The van der Waals surface area contributed by atoms with Crippen molar-refractivity contribution in [3.05, 3.63) is 77.9 Å². The van der Waals surface area contributed by atoms with Crippen LogP contribution in [0.3, 0.4) is 0 Å². The van der Waals surface area contributed by atoms with Gasteiger partial charge in [0.25, 0.3) is 0 Å². The summed E-state index contributed by atoms with van der Waals surface area (Å²) in [5.41, 5.74) is 0.211. The van der Waals surface area contributed by atoms with Crippen molar-refractivity contribution in [2.45, 2.75) is 24.2 Å². The maximum Gasteiger partial charge on any atom is 0.325 e. The van der Waals surface area contributed by atoms with E-state index in [1.54, 1.807) is 18.7 Å². The highest BCUT2D eigenvalue weighted by molar-refractivity contribution is 7.98. The first kappa shape index (κ1) is 19.0. The van der Waals surface area contributed by atoms with Crippen molar-refractivity contribution < 1.29 is 9.90 Å². The molecule has 2 unspecified atom stereocenters. The van der Waals surface area contributed by atoms with E-state index in [4.69, 9.17) is 0 Å². The van der Waals surface area contributed by atoms with Crippen LogP contribution in [0, 0.1) is 16.7 Å². The molecular formula is C23H21NO2S. The van der Waals surface area contributed by atoms with E-state index in [0.29, 0.717) is 0 Å². The van der Waals surface area contributed by atoms with Gasteiger partial charge in [-0.2, -0.15) is 5.26 Å². The SMILES string of the molecule is CCC(C#N)(C(=O)O)C(c1ccccc1SC)c1cccc2ccccc12. The van der Waals surface area contributed by atoms with Crippen molar-refractivity contribution in [3.63, 3.8) is 0 Å². The van der Waals surface area contributed by atoms with Gasteiger partial charge in [-0.05, 0) is 40.6 Å². The van der Waals surface area contributed by atoms with Crippen LogP contribution in [-0.4, -0.2) is 17.3 Å². The molecule has 2 atom stereocenters. The third kappa shape index (κ3) is 3.20. The van der Waals surface area contributed by atoms with Gasteiger partial charge in [-0.3, -0.25) is 4.79 Å². The lowest BCUT2D eigenvalue weighted by Crippen LogP contribution is -2.36. The largest absolute Gasteiger partial charge is 0.480 e. The molecule has 0 saturated heterocycles. The maximum absolute atomic E-state index is 12.4. The molecule has 0 saturated carbocycles. The van der Waals surface area contributed by atoms with Crippen molar-refractivity contribution >= 4 is 28.5 Å². The van der Waals surface area contributed by atoms with Gasteiger partial charge >= 0.3 is 5.97 Å². The zero-order valence-corrected chi connectivity index (χ0v) is 16.2. The van der Waals surface area contributed by atoms with Crippen molar-refractivity contribution in [3.8, 4) is 6.07 Å². The molecule has 0 amide bonds. The van der Waals surface area contributed by atoms with Crippen LogP contribution >= 0.6 is 11.8 Å². The predicted molar refractivity (Wildman–Crippen MR) is 110 cm³/mol. The standard InChI is InChI=1S/C23H21NO2S/c1-3-23(15-24,22(25)26)21(19-12-6-7-14-20(19)27-2)18-13-8-10-16-9-4-5-11-17(16)18/h4-14,21H,3H2,1-2H3,(H,25,26). The Labute approximate surface area is 163 Å². The van der Waals surface area contributed by atoms with E-state index in [-0.39, 0.29) is 6.42 Å². The molecule has 27 heavy (non-hydrogen) atoms. The second-order valence-electron chi connectivity index (χ2n) is 6.49. The number of hydrogen-bond donors (Lipinski definition) is 1. The number of nitriles is 1. The molecule has 0 aliphatic carbocycles. The minimum Gasteiger partial charge on any atom is -0.480 e. The molecule has 3 aromatic rings. The number of carbonyl (C=O) groups is 1. The first-order valence-corrected chi connectivity index (χ1v) is 10.1. The first-order valence-electron chi connectivity index (χ1n) is 8.84.